The van der Waals surface area contributed by atoms with Gasteiger partial charge >= 0.3 is 51.4 Å². The van der Waals surface area contributed by atoms with Crippen molar-refractivity contribution in [2.75, 3.05) is 13.2 Å². The third-order valence-corrected chi connectivity index (χ3v) is 3.12. The summed E-state index contributed by atoms with van der Waals surface area (Å²) in [7, 11) is 0. The number of ether oxygens (including phenoxy) is 1. The molecule has 11 heavy (non-hydrogen) atoms. The van der Waals surface area contributed by atoms with E-state index in [4.69, 9.17) is 4.74 Å². The van der Waals surface area contributed by atoms with Crippen LogP contribution in [0.3, 0.4) is 0 Å². The average Bonchev–Trinajstić information content (AvgIpc) is 1.87. The minimum absolute atomic E-state index is 0. The van der Waals surface area contributed by atoms with Crippen LogP contribution in [0.2, 0.25) is 0 Å². The molecule has 58 valence electrons. The van der Waals surface area contributed by atoms with Crippen LogP contribution in [0.15, 0.2) is 0 Å². The van der Waals surface area contributed by atoms with E-state index < -0.39 is 0 Å². The second-order valence-electron chi connectivity index (χ2n) is 4.11. The fourth-order valence-electron chi connectivity index (χ4n) is 2.12. The van der Waals surface area contributed by atoms with Gasteiger partial charge in [-0.05, 0) is 5.92 Å². The van der Waals surface area contributed by atoms with Crippen LogP contribution in [0.25, 0.3) is 0 Å². The molecular weight excluding hydrogens is 163 g/mol. The van der Waals surface area contributed by atoms with Gasteiger partial charge in [-0.25, -0.2) is 0 Å². The van der Waals surface area contributed by atoms with Crippen LogP contribution < -0.4 is 51.4 Å². The minimum atomic E-state index is 0. The fraction of sp³-hybridized carbons (Fsp3) is 0.889. The Morgan fingerprint density at radius 3 is 2.27 bits per heavy atom. The second-order valence-corrected chi connectivity index (χ2v) is 4.11. The van der Waals surface area contributed by atoms with Crippen LogP contribution in [0.4, 0.5) is 0 Å². The summed E-state index contributed by atoms with van der Waals surface area (Å²) in [6.07, 6.45) is 2.70. The molecule has 3 rings (SSSR count). The first-order chi connectivity index (χ1) is 4.73. The Morgan fingerprint density at radius 2 is 2.00 bits per heavy atom. The molecule has 1 saturated carbocycles. The van der Waals surface area contributed by atoms with Crippen molar-refractivity contribution in [1.29, 1.82) is 0 Å². The van der Waals surface area contributed by atoms with Crippen molar-refractivity contribution in [3.8, 4) is 0 Å². The predicted octanol–water partition coefficient (Wildman–Crippen LogP) is -0.969. The molecule has 0 spiro atoms. The normalized spacial score (nSPS) is 27.5. The molecule has 2 bridgehead atoms. The third kappa shape index (κ3) is 1.77. The minimum Gasteiger partial charge on any atom is -0.413 e. The van der Waals surface area contributed by atoms with E-state index >= 15 is 0 Å². The standard InChI is InChI=1S/C9H15O.K/c1-7(2)9-3-8(4-9)5-10-6-9;/h7H,3-6H2,1-2H3;/q-1;+1. The summed E-state index contributed by atoms with van der Waals surface area (Å²) in [6, 6.07) is 0. The number of rotatable bonds is 1. The first-order valence-corrected chi connectivity index (χ1v) is 4.14. The Balaban J connectivity index is 0.000000605. The van der Waals surface area contributed by atoms with Crippen molar-refractivity contribution in [2.45, 2.75) is 26.7 Å². The van der Waals surface area contributed by atoms with E-state index in [0.717, 1.165) is 19.1 Å². The second kappa shape index (κ2) is 3.77. The fourth-order valence-corrected chi connectivity index (χ4v) is 2.12. The van der Waals surface area contributed by atoms with E-state index in [1.165, 1.54) is 12.8 Å². The smallest absolute Gasteiger partial charge is 0.413 e. The molecule has 2 aliphatic heterocycles. The monoisotopic (exact) mass is 178 g/mol. The molecule has 0 unspecified atom stereocenters. The van der Waals surface area contributed by atoms with Crippen LogP contribution in [0, 0.1) is 17.3 Å². The van der Waals surface area contributed by atoms with Crippen molar-refractivity contribution < 1.29 is 56.1 Å². The Bertz CT molecular complexity index is 133. The summed E-state index contributed by atoms with van der Waals surface area (Å²) in [5, 5.41) is 0. The van der Waals surface area contributed by atoms with Gasteiger partial charge in [0, 0.05) is 6.61 Å². The van der Waals surface area contributed by atoms with Gasteiger partial charge in [0.15, 0.2) is 0 Å². The molecule has 2 heteroatoms. The van der Waals surface area contributed by atoms with E-state index in [1.54, 1.807) is 5.92 Å². The maximum Gasteiger partial charge on any atom is 1.00 e. The van der Waals surface area contributed by atoms with Gasteiger partial charge in [0.2, 0.25) is 0 Å². The SMILES string of the molecule is CC(C)C12COC[C-](C1)C2.[K+]. The summed E-state index contributed by atoms with van der Waals surface area (Å²) in [5.74, 6) is 2.44. The van der Waals surface area contributed by atoms with Crippen molar-refractivity contribution >= 4 is 0 Å². The number of hydrogen-bond donors (Lipinski definition) is 0. The van der Waals surface area contributed by atoms with Gasteiger partial charge in [-0.1, -0.05) is 25.9 Å². The third-order valence-electron chi connectivity index (χ3n) is 3.12. The average molecular weight is 178 g/mol. The van der Waals surface area contributed by atoms with Gasteiger partial charge in [0.1, 0.15) is 0 Å². The van der Waals surface area contributed by atoms with Gasteiger partial charge in [0.05, 0.1) is 0 Å². The molecular formula is C9H15KO. The molecule has 0 radical (unpaired) electrons. The van der Waals surface area contributed by atoms with E-state index in [2.05, 4.69) is 13.8 Å². The van der Waals surface area contributed by atoms with E-state index in [-0.39, 0.29) is 51.4 Å². The summed E-state index contributed by atoms with van der Waals surface area (Å²) in [4.78, 5) is 0. The van der Waals surface area contributed by atoms with Gasteiger partial charge < -0.3 is 4.74 Å². The van der Waals surface area contributed by atoms with Gasteiger partial charge in [-0.15, -0.1) is 0 Å². The molecule has 1 aliphatic carbocycles. The molecule has 0 N–H and O–H groups in total. The maximum absolute atomic E-state index is 5.46. The first-order valence-electron chi connectivity index (χ1n) is 4.14. The van der Waals surface area contributed by atoms with E-state index in [0.29, 0.717) is 5.41 Å². The van der Waals surface area contributed by atoms with Gasteiger partial charge in [0.25, 0.3) is 0 Å². The van der Waals surface area contributed by atoms with Crippen LogP contribution in [-0.4, -0.2) is 13.2 Å². The Morgan fingerprint density at radius 1 is 1.36 bits per heavy atom. The molecule has 3 fully saturated rings. The molecule has 0 aromatic carbocycles. The van der Waals surface area contributed by atoms with Crippen molar-refractivity contribution in [3.63, 3.8) is 0 Å². The summed E-state index contributed by atoms with van der Waals surface area (Å²) >= 11 is 0. The largest absolute Gasteiger partial charge is 1.00 e. The Labute approximate surface area is 112 Å². The zero-order chi connectivity index (χ0) is 7.19. The van der Waals surface area contributed by atoms with Crippen LogP contribution in [0.5, 0.6) is 0 Å². The molecule has 2 saturated heterocycles. The number of hydrogen-bond acceptors (Lipinski definition) is 1. The topological polar surface area (TPSA) is 9.23 Å². The summed E-state index contributed by atoms with van der Waals surface area (Å²) in [6.45, 7) is 6.58. The quantitative estimate of drug-likeness (QED) is 0.371. The van der Waals surface area contributed by atoms with Crippen molar-refractivity contribution in [2.24, 2.45) is 11.3 Å². The molecule has 0 atom stereocenters. The molecule has 0 aromatic rings. The maximum atomic E-state index is 5.46. The number of fused-ring (bicyclic) bond motifs is 2. The van der Waals surface area contributed by atoms with Crippen LogP contribution >= 0.6 is 0 Å². The first kappa shape index (κ1) is 10.7. The zero-order valence-corrected chi connectivity index (χ0v) is 10.9. The van der Waals surface area contributed by atoms with E-state index in [1.807, 2.05) is 0 Å². The summed E-state index contributed by atoms with van der Waals surface area (Å²) in [5.41, 5.74) is 0.563. The Hall–Kier alpha value is 1.60. The summed E-state index contributed by atoms with van der Waals surface area (Å²) < 4.78 is 5.46. The molecule has 0 amide bonds. The van der Waals surface area contributed by atoms with Crippen molar-refractivity contribution in [1.82, 2.24) is 0 Å². The van der Waals surface area contributed by atoms with Crippen molar-refractivity contribution in [3.05, 3.63) is 5.92 Å². The predicted molar refractivity (Wildman–Crippen MR) is 40.6 cm³/mol. The van der Waals surface area contributed by atoms with Gasteiger partial charge in [-0.3, -0.25) is 5.92 Å². The van der Waals surface area contributed by atoms with Crippen LogP contribution in [-0.2, 0) is 4.74 Å². The van der Waals surface area contributed by atoms with Gasteiger partial charge in [-0.2, -0.15) is 12.8 Å². The molecule has 2 heterocycles. The molecule has 3 aliphatic rings. The zero-order valence-electron chi connectivity index (χ0n) is 7.81. The molecule has 0 aromatic heterocycles. The molecule has 1 nitrogen and oxygen atoms in total. The van der Waals surface area contributed by atoms with Crippen LogP contribution in [0.1, 0.15) is 26.7 Å². The van der Waals surface area contributed by atoms with E-state index in [9.17, 15) is 0 Å². The Kier molecular flexibility index (Phi) is 3.65.